The van der Waals surface area contributed by atoms with Gasteiger partial charge in [0.15, 0.2) is 0 Å². The van der Waals surface area contributed by atoms with Crippen LogP contribution in [0.25, 0.3) is 0 Å². The number of hydrogen-bond acceptors (Lipinski definition) is 3. The summed E-state index contributed by atoms with van der Waals surface area (Å²) >= 11 is 0. The van der Waals surface area contributed by atoms with Crippen LogP contribution >= 0.6 is 0 Å². The van der Waals surface area contributed by atoms with E-state index in [-0.39, 0.29) is 0 Å². The topological polar surface area (TPSA) is 57.6 Å². The molecule has 22 heavy (non-hydrogen) atoms. The van der Waals surface area contributed by atoms with Crippen molar-refractivity contribution in [3.05, 3.63) is 41.6 Å². The fourth-order valence-corrected chi connectivity index (χ4v) is 5.03. The molecule has 1 aromatic rings. The van der Waals surface area contributed by atoms with Gasteiger partial charge in [-0.25, -0.2) is 8.42 Å². The lowest BCUT2D eigenvalue weighted by Crippen LogP contribution is -2.43. The van der Waals surface area contributed by atoms with Gasteiger partial charge in [-0.3, -0.25) is 4.31 Å². The maximum absolute atomic E-state index is 13.0. The lowest BCUT2D eigenvalue weighted by molar-refractivity contribution is 0.0638. The summed E-state index contributed by atoms with van der Waals surface area (Å²) in [7, 11) is -3.60. The molecule has 1 heterocycles. The van der Waals surface area contributed by atoms with Crippen molar-refractivity contribution in [1.82, 2.24) is 4.31 Å². The molecule has 0 spiro atoms. The third kappa shape index (κ3) is 2.68. The summed E-state index contributed by atoms with van der Waals surface area (Å²) < 4.78 is 27.4. The van der Waals surface area contributed by atoms with Crippen molar-refractivity contribution in [2.45, 2.75) is 55.9 Å². The Kier molecular flexibility index (Phi) is 4.03. The molecule has 1 aliphatic carbocycles. The van der Waals surface area contributed by atoms with Gasteiger partial charge in [-0.2, -0.15) is 0 Å². The van der Waals surface area contributed by atoms with Gasteiger partial charge in [-0.1, -0.05) is 36.6 Å². The van der Waals surface area contributed by atoms with Crippen LogP contribution in [-0.2, 0) is 10.0 Å². The number of rotatable bonds is 3. The maximum Gasteiger partial charge on any atom is 0.264 e. The average molecular weight is 321 g/mol. The monoisotopic (exact) mass is 321 g/mol. The molecule has 3 rings (SSSR count). The third-order valence-corrected chi connectivity index (χ3v) is 6.52. The smallest absolute Gasteiger partial charge is 0.264 e. The zero-order chi connectivity index (χ0) is 15.8. The number of benzene rings is 1. The van der Waals surface area contributed by atoms with Crippen molar-refractivity contribution in [2.75, 3.05) is 6.54 Å². The van der Waals surface area contributed by atoms with Crippen molar-refractivity contribution < 1.29 is 13.5 Å². The van der Waals surface area contributed by atoms with E-state index in [2.05, 4.69) is 0 Å². The van der Waals surface area contributed by atoms with Gasteiger partial charge >= 0.3 is 0 Å². The molecule has 0 amide bonds. The van der Waals surface area contributed by atoms with Crippen molar-refractivity contribution in [3.8, 4) is 0 Å². The van der Waals surface area contributed by atoms with E-state index in [1.807, 2.05) is 25.1 Å². The average Bonchev–Trinajstić information content (AvgIpc) is 2.96. The number of allylic oxidation sites excluding steroid dienone is 1. The van der Waals surface area contributed by atoms with E-state index in [9.17, 15) is 13.5 Å². The minimum absolute atomic E-state index is 0.299. The minimum Gasteiger partial charge on any atom is -0.384 e. The number of aliphatic hydroxyl groups is 1. The van der Waals surface area contributed by atoms with Gasteiger partial charge in [0, 0.05) is 6.54 Å². The Morgan fingerprint density at radius 3 is 2.36 bits per heavy atom. The molecule has 1 aliphatic heterocycles. The highest BCUT2D eigenvalue weighted by Crippen LogP contribution is 2.40. The number of nitrogens with zero attached hydrogens (tertiary/aromatic N) is 1. The second-order valence-electron chi connectivity index (χ2n) is 6.36. The minimum atomic E-state index is -3.60. The molecule has 0 radical (unpaired) electrons. The fraction of sp³-hybridized carbons (Fsp3) is 0.529. The summed E-state index contributed by atoms with van der Waals surface area (Å²) in [5.41, 5.74) is 0.651. The molecular weight excluding hydrogens is 298 g/mol. The summed E-state index contributed by atoms with van der Waals surface area (Å²) in [6.45, 7) is 2.38. The first-order chi connectivity index (χ1) is 10.4. The van der Waals surface area contributed by atoms with E-state index >= 15 is 0 Å². The SMILES string of the molecule is Cc1ccc(S(=O)(=O)N2CCCC=C2C2(O)CCCC2)cc1. The Balaban J connectivity index is 1.99. The number of sulfonamides is 1. The first kappa shape index (κ1) is 15.6. The van der Waals surface area contributed by atoms with E-state index < -0.39 is 15.6 Å². The summed E-state index contributed by atoms with van der Waals surface area (Å²) in [4.78, 5) is 0.299. The Bertz CT molecular complexity index is 670. The van der Waals surface area contributed by atoms with E-state index in [1.54, 1.807) is 12.1 Å². The fourth-order valence-electron chi connectivity index (χ4n) is 3.42. The van der Waals surface area contributed by atoms with Crippen LogP contribution in [0.4, 0.5) is 0 Å². The third-order valence-electron chi connectivity index (χ3n) is 4.69. The highest BCUT2D eigenvalue weighted by Gasteiger charge is 2.42. The summed E-state index contributed by atoms with van der Waals surface area (Å²) in [5, 5.41) is 10.9. The van der Waals surface area contributed by atoms with Crippen LogP contribution in [0.2, 0.25) is 0 Å². The van der Waals surface area contributed by atoms with Crippen LogP contribution in [-0.4, -0.2) is 30.0 Å². The standard InChI is InChI=1S/C17H23NO3S/c1-14-7-9-15(10-8-14)22(20,21)18-13-5-2-6-16(18)17(19)11-3-4-12-17/h6-10,19H,2-5,11-13H2,1H3. The van der Waals surface area contributed by atoms with Gasteiger partial charge in [-0.15, -0.1) is 0 Å². The molecule has 120 valence electrons. The highest BCUT2D eigenvalue weighted by molar-refractivity contribution is 7.89. The van der Waals surface area contributed by atoms with Crippen molar-refractivity contribution in [3.63, 3.8) is 0 Å². The molecule has 0 saturated heterocycles. The molecule has 5 heteroatoms. The Morgan fingerprint density at radius 1 is 1.09 bits per heavy atom. The first-order valence-electron chi connectivity index (χ1n) is 7.96. The zero-order valence-corrected chi connectivity index (χ0v) is 13.8. The molecule has 0 aromatic heterocycles. The predicted molar refractivity (Wildman–Crippen MR) is 85.8 cm³/mol. The second-order valence-corrected chi connectivity index (χ2v) is 8.22. The molecule has 1 N–H and O–H groups in total. The van der Waals surface area contributed by atoms with E-state index in [1.165, 1.54) is 4.31 Å². The molecule has 1 aromatic carbocycles. The van der Waals surface area contributed by atoms with E-state index in [0.29, 0.717) is 30.0 Å². The van der Waals surface area contributed by atoms with Crippen LogP contribution in [0, 0.1) is 6.92 Å². The van der Waals surface area contributed by atoms with Gasteiger partial charge in [0.2, 0.25) is 0 Å². The molecular formula is C17H23NO3S. The normalized spacial score (nSPS) is 21.7. The molecule has 0 unspecified atom stereocenters. The molecule has 1 saturated carbocycles. The second kappa shape index (κ2) is 5.70. The summed E-state index contributed by atoms with van der Waals surface area (Å²) in [6, 6.07) is 6.92. The quantitative estimate of drug-likeness (QED) is 0.931. The van der Waals surface area contributed by atoms with Crippen LogP contribution in [0.15, 0.2) is 40.9 Å². The molecule has 1 fully saturated rings. The highest BCUT2D eigenvalue weighted by atomic mass is 32.2. The zero-order valence-electron chi connectivity index (χ0n) is 13.0. The van der Waals surface area contributed by atoms with Gasteiger partial charge in [-0.05, 0) is 44.7 Å². The molecule has 4 nitrogen and oxygen atoms in total. The van der Waals surface area contributed by atoms with E-state index in [4.69, 9.17) is 0 Å². The van der Waals surface area contributed by atoms with Gasteiger partial charge in [0.25, 0.3) is 10.0 Å². The Labute approximate surface area is 132 Å². The van der Waals surface area contributed by atoms with Gasteiger partial charge in [0.05, 0.1) is 10.6 Å². The van der Waals surface area contributed by atoms with Crippen molar-refractivity contribution >= 4 is 10.0 Å². The maximum atomic E-state index is 13.0. The molecule has 0 atom stereocenters. The van der Waals surface area contributed by atoms with E-state index in [0.717, 1.165) is 31.2 Å². The Morgan fingerprint density at radius 2 is 1.73 bits per heavy atom. The lowest BCUT2D eigenvalue weighted by Gasteiger charge is -2.37. The summed E-state index contributed by atoms with van der Waals surface area (Å²) in [6.07, 6.45) is 6.75. The van der Waals surface area contributed by atoms with Crippen LogP contribution in [0.3, 0.4) is 0 Å². The number of hydrogen-bond donors (Lipinski definition) is 1. The van der Waals surface area contributed by atoms with Crippen LogP contribution < -0.4 is 0 Å². The van der Waals surface area contributed by atoms with Gasteiger partial charge in [0.1, 0.15) is 5.60 Å². The van der Waals surface area contributed by atoms with Gasteiger partial charge < -0.3 is 5.11 Å². The van der Waals surface area contributed by atoms with Crippen molar-refractivity contribution in [2.24, 2.45) is 0 Å². The largest absolute Gasteiger partial charge is 0.384 e. The Hall–Kier alpha value is -1.33. The molecule has 0 bridgehead atoms. The molecule has 2 aliphatic rings. The van der Waals surface area contributed by atoms with Crippen molar-refractivity contribution in [1.29, 1.82) is 0 Å². The summed E-state index contributed by atoms with van der Waals surface area (Å²) in [5.74, 6) is 0. The number of aryl methyl sites for hydroxylation is 1. The van der Waals surface area contributed by atoms with Crippen LogP contribution in [0.5, 0.6) is 0 Å². The lowest BCUT2D eigenvalue weighted by atomic mass is 9.95. The predicted octanol–water partition coefficient (Wildman–Crippen LogP) is 2.97. The van der Waals surface area contributed by atoms with Crippen LogP contribution in [0.1, 0.15) is 44.1 Å². The first-order valence-corrected chi connectivity index (χ1v) is 9.40.